The van der Waals surface area contributed by atoms with E-state index in [1.165, 1.54) is 0 Å². The Morgan fingerprint density at radius 1 is 1.22 bits per heavy atom. The summed E-state index contributed by atoms with van der Waals surface area (Å²) in [6.07, 6.45) is -0.186. The van der Waals surface area contributed by atoms with Crippen molar-refractivity contribution in [2.75, 3.05) is 0 Å². The van der Waals surface area contributed by atoms with Gasteiger partial charge in [0.15, 0.2) is 0 Å². The molecule has 0 aliphatic carbocycles. The molecule has 0 aromatic heterocycles. The van der Waals surface area contributed by atoms with Crippen LogP contribution in [0.4, 0.5) is 0 Å². The molecule has 0 aliphatic heterocycles. The van der Waals surface area contributed by atoms with Crippen LogP contribution in [0.1, 0.15) is 32.3 Å². The number of hydrogen-bond acceptors (Lipinski definition) is 2. The first-order chi connectivity index (χ1) is 8.31. The largest absolute Gasteiger partial charge is 0.481 e. The maximum absolute atomic E-state index is 11.6. The van der Waals surface area contributed by atoms with Crippen LogP contribution < -0.4 is 5.32 Å². The average molecular weight is 270 g/mol. The molecule has 0 fully saturated rings. The first kappa shape index (κ1) is 14.5. The second-order valence-corrected chi connectivity index (χ2v) is 5.01. The van der Waals surface area contributed by atoms with E-state index in [0.29, 0.717) is 5.02 Å². The standard InChI is InChI=1S/C13H16ClNO3/c1-13(2,9-3-5-10(14)6-4-9)15-11(16)7-8-12(17)18/h3-6H,7-8H2,1-2H3,(H,15,16)(H,17,18). The number of aliphatic carboxylic acids is 1. The normalized spacial score (nSPS) is 11.1. The minimum Gasteiger partial charge on any atom is -0.481 e. The Labute approximate surface area is 111 Å². The zero-order valence-electron chi connectivity index (χ0n) is 10.4. The summed E-state index contributed by atoms with van der Waals surface area (Å²) in [4.78, 5) is 22.0. The summed E-state index contributed by atoms with van der Waals surface area (Å²) in [5.41, 5.74) is 0.357. The maximum Gasteiger partial charge on any atom is 0.303 e. The van der Waals surface area contributed by atoms with Crippen LogP contribution in [0.25, 0.3) is 0 Å². The smallest absolute Gasteiger partial charge is 0.303 e. The molecular formula is C13H16ClNO3. The lowest BCUT2D eigenvalue weighted by Crippen LogP contribution is -2.41. The van der Waals surface area contributed by atoms with Crippen LogP contribution in [0.15, 0.2) is 24.3 Å². The first-order valence-corrected chi connectivity index (χ1v) is 5.98. The fourth-order valence-corrected chi connectivity index (χ4v) is 1.70. The second kappa shape index (κ2) is 5.87. The van der Waals surface area contributed by atoms with E-state index in [0.717, 1.165) is 5.56 Å². The van der Waals surface area contributed by atoms with Crippen molar-refractivity contribution in [1.82, 2.24) is 5.32 Å². The Hall–Kier alpha value is -1.55. The molecule has 0 spiro atoms. The van der Waals surface area contributed by atoms with Crippen molar-refractivity contribution in [1.29, 1.82) is 0 Å². The molecule has 0 atom stereocenters. The molecule has 1 amide bonds. The van der Waals surface area contributed by atoms with Crippen molar-refractivity contribution in [2.45, 2.75) is 32.2 Å². The highest BCUT2D eigenvalue weighted by Crippen LogP contribution is 2.22. The summed E-state index contributed by atoms with van der Waals surface area (Å²) in [6.45, 7) is 3.71. The number of rotatable bonds is 5. The summed E-state index contributed by atoms with van der Waals surface area (Å²) >= 11 is 5.80. The SMILES string of the molecule is CC(C)(NC(=O)CCC(=O)O)c1ccc(Cl)cc1. The maximum atomic E-state index is 11.6. The van der Waals surface area contributed by atoms with Gasteiger partial charge in [0, 0.05) is 11.4 Å². The molecule has 1 rings (SSSR count). The van der Waals surface area contributed by atoms with Crippen LogP contribution in [-0.2, 0) is 15.1 Å². The van der Waals surface area contributed by atoms with Crippen LogP contribution in [0.5, 0.6) is 0 Å². The molecule has 98 valence electrons. The van der Waals surface area contributed by atoms with Crippen LogP contribution in [0.2, 0.25) is 5.02 Å². The molecule has 2 N–H and O–H groups in total. The lowest BCUT2D eigenvalue weighted by atomic mass is 9.94. The zero-order valence-corrected chi connectivity index (χ0v) is 11.1. The van der Waals surface area contributed by atoms with Crippen LogP contribution in [-0.4, -0.2) is 17.0 Å². The van der Waals surface area contributed by atoms with E-state index in [-0.39, 0.29) is 18.7 Å². The van der Waals surface area contributed by atoms with E-state index in [1.54, 1.807) is 12.1 Å². The third kappa shape index (κ3) is 4.37. The summed E-state index contributed by atoms with van der Waals surface area (Å²) in [5, 5.41) is 11.9. The van der Waals surface area contributed by atoms with Gasteiger partial charge in [-0.25, -0.2) is 0 Å². The summed E-state index contributed by atoms with van der Waals surface area (Å²) in [5.74, 6) is -1.26. The number of amides is 1. The van der Waals surface area contributed by atoms with E-state index >= 15 is 0 Å². The third-order valence-electron chi connectivity index (χ3n) is 2.58. The molecule has 0 radical (unpaired) electrons. The predicted molar refractivity (Wildman–Crippen MR) is 69.5 cm³/mol. The number of carboxylic acid groups (broad SMARTS) is 1. The molecular weight excluding hydrogens is 254 g/mol. The van der Waals surface area contributed by atoms with Gasteiger partial charge in [-0.3, -0.25) is 9.59 Å². The fourth-order valence-electron chi connectivity index (χ4n) is 1.57. The minimum atomic E-state index is -0.977. The second-order valence-electron chi connectivity index (χ2n) is 4.57. The van der Waals surface area contributed by atoms with Crippen LogP contribution in [0, 0.1) is 0 Å². The number of halogens is 1. The molecule has 18 heavy (non-hydrogen) atoms. The number of carboxylic acids is 1. The Bertz CT molecular complexity index is 440. The monoisotopic (exact) mass is 269 g/mol. The van der Waals surface area contributed by atoms with Gasteiger partial charge in [0.25, 0.3) is 0 Å². The third-order valence-corrected chi connectivity index (χ3v) is 2.84. The van der Waals surface area contributed by atoms with E-state index in [2.05, 4.69) is 5.32 Å². The lowest BCUT2D eigenvalue weighted by Gasteiger charge is -2.27. The molecule has 4 nitrogen and oxygen atoms in total. The quantitative estimate of drug-likeness (QED) is 0.863. The highest BCUT2D eigenvalue weighted by Gasteiger charge is 2.22. The average Bonchev–Trinajstić information content (AvgIpc) is 2.26. The molecule has 1 aromatic carbocycles. The van der Waals surface area contributed by atoms with E-state index in [4.69, 9.17) is 16.7 Å². The molecule has 0 aliphatic rings. The molecule has 1 aromatic rings. The fraction of sp³-hybridized carbons (Fsp3) is 0.385. The zero-order chi connectivity index (χ0) is 13.8. The lowest BCUT2D eigenvalue weighted by molar-refractivity contribution is -0.139. The van der Waals surface area contributed by atoms with Gasteiger partial charge in [0.2, 0.25) is 5.91 Å². The van der Waals surface area contributed by atoms with Crippen molar-refractivity contribution in [3.63, 3.8) is 0 Å². The molecule has 0 saturated heterocycles. The molecule has 5 heteroatoms. The van der Waals surface area contributed by atoms with Crippen molar-refractivity contribution in [3.05, 3.63) is 34.9 Å². The van der Waals surface area contributed by atoms with Gasteiger partial charge in [0.05, 0.1) is 12.0 Å². The van der Waals surface area contributed by atoms with Gasteiger partial charge in [-0.2, -0.15) is 0 Å². The number of hydrogen-bond donors (Lipinski definition) is 2. The predicted octanol–water partition coefficient (Wildman–Crippen LogP) is 2.56. The first-order valence-electron chi connectivity index (χ1n) is 5.60. The highest BCUT2D eigenvalue weighted by atomic mass is 35.5. The van der Waals surface area contributed by atoms with Gasteiger partial charge >= 0.3 is 5.97 Å². The van der Waals surface area contributed by atoms with Crippen molar-refractivity contribution in [2.24, 2.45) is 0 Å². The summed E-state index contributed by atoms with van der Waals surface area (Å²) in [7, 11) is 0. The van der Waals surface area contributed by atoms with Gasteiger partial charge in [-0.05, 0) is 31.5 Å². The number of benzene rings is 1. The van der Waals surface area contributed by atoms with Gasteiger partial charge in [-0.15, -0.1) is 0 Å². The summed E-state index contributed by atoms with van der Waals surface area (Å²) in [6, 6.07) is 7.17. The van der Waals surface area contributed by atoms with E-state index in [1.807, 2.05) is 26.0 Å². The molecule has 0 bridgehead atoms. The van der Waals surface area contributed by atoms with Crippen molar-refractivity contribution in [3.8, 4) is 0 Å². The number of carbonyl (C=O) groups excluding carboxylic acids is 1. The Balaban J connectivity index is 2.66. The number of carbonyl (C=O) groups is 2. The molecule has 0 unspecified atom stereocenters. The van der Waals surface area contributed by atoms with Crippen LogP contribution >= 0.6 is 11.6 Å². The van der Waals surface area contributed by atoms with Gasteiger partial charge in [-0.1, -0.05) is 23.7 Å². The Morgan fingerprint density at radius 2 is 1.78 bits per heavy atom. The number of nitrogens with one attached hydrogen (secondary N) is 1. The summed E-state index contributed by atoms with van der Waals surface area (Å²) < 4.78 is 0. The molecule has 0 heterocycles. The Kier molecular flexibility index (Phi) is 4.73. The van der Waals surface area contributed by atoms with Crippen molar-refractivity contribution >= 4 is 23.5 Å². The molecule has 0 saturated carbocycles. The van der Waals surface area contributed by atoms with Gasteiger partial charge in [0.1, 0.15) is 0 Å². The minimum absolute atomic E-state index is 0.0215. The van der Waals surface area contributed by atoms with Crippen LogP contribution in [0.3, 0.4) is 0 Å². The van der Waals surface area contributed by atoms with E-state index in [9.17, 15) is 9.59 Å². The van der Waals surface area contributed by atoms with E-state index < -0.39 is 11.5 Å². The Morgan fingerprint density at radius 3 is 2.28 bits per heavy atom. The topological polar surface area (TPSA) is 66.4 Å². The van der Waals surface area contributed by atoms with Gasteiger partial charge < -0.3 is 10.4 Å². The highest BCUT2D eigenvalue weighted by molar-refractivity contribution is 6.30. The van der Waals surface area contributed by atoms with Crippen molar-refractivity contribution < 1.29 is 14.7 Å².